The van der Waals surface area contributed by atoms with Crippen LogP contribution in [-0.4, -0.2) is 56.1 Å². The van der Waals surface area contributed by atoms with E-state index in [2.05, 4.69) is 29.4 Å². The van der Waals surface area contributed by atoms with Crippen LogP contribution in [0.25, 0.3) is 17.2 Å². The summed E-state index contributed by atoms with van der Waals surface area (Å²) in [6, 6.07) is 12.7. The minimum Gasteiger partial charge on any atom is -0.362 e. The van der Waals surface area contributed by atoms with Gasteiger partial charge in [-0.15, -0.1) is 5.10 Å². The largest absolute Gasteiger partial charge is 0.362 e. The van der Waals surface area contributed by atoms with Crippen LogP contribution < -0.4 is 0 Å². The highest BCUT2D eigenvalue weighted by Crippen LogP contribution is 2.38. The predicted molar refractivity (Wildman–Crippen MR) is 135 cm³/mol. The summed E-state index contributed by atoms with van der Waals surface area (Å²) in [6.45, 7) is 5.49. The molecule has 2 heterocycles. The molecule has 0 spiro atoms. The molecule has 1 atom stereocenters. The van der Waals surface area contributed by atoms with Crippen LogP contribution in [0.5, 0.6) is 0 Å². The highest BCUT2D eigenvalue weighted by molar-refractivity contribution is 5.94. The molecule has 1 saturated heterocycles. The van der Waals surface area contributed by atoms with Gasteiger partial charge in [0.05, 0.1) is 10.5 Å². The van der Waals surface area contributed by atoms with Crippen LogP contribution in [0.3, 0.4) is 0 Å². The fourth-order valence-corrected chi connectivity index (χ4v) is 4.74. The van der Waals surface area contributed by atoms with Crippen LogP contribution >= 0.6 is 0 Å². The number of carbonyl (C=O) groups is 1. The molecule has 10 nitrogen and oxygen atoms in total. The number of nitro benzene ring substituents is 1. The van der Waals surface area contributed by atoms with Gasteiger partial charge < -0.3 is 9.64 Å². The van der Waals surface area contributed by atoms with Crippen LogP contribution in [0.1, 0.15) is 55.5 Å². The van der Waals surface area contributed by atoms with Crippen LogP contribution in [-0.2, 0) is 16.3 Å². The molecule has 10 heteroatoms. The van der Waals surface area contributed by atoms with Gasteiger partial charge in [0, 0.05) is 38.3 Å². The molecule has 1 unspecified atom stereocenters. The second-order valence-corrected chi connectivity index (χ2v) is 9.15. The van der Waals surface area contributed by atoms with Crippen molar-refractivity contribution in [2.24, 2.45) is 0 Å². The maximum absolute atomic E-state index is 13.2. The van der Waals surface area contributed by atoms with Gasteiger partial charge in [-0.1, -0.05) is 50.2 Å². The maximum Gasteiger partial charge on any atom is 0.277 e. The third kappa shape index (κ3) is 5.33. The lowest BCUT2D eigenvalue weighted by molar-refractivity contribution is -0.384. The molecule has 1 aliphatic rings. The molecule has 0 N–H and O–H groups in total. The Morgan fingerprint density at radius 3 is 2.81 bits per heavy atom. The molecule has 4 rings (SSSR count). The zero-order valence-electron chi connectivity index (χ0n) is 20.7. The Morgan fingerprint density at radius 1 is 1.25 bits per heavy atom. The van der Waals surface area contributed by atoms with Crippen LogP contribution in [0.15, 0.2) is 48.5 Å². The van der Waals surface area contributed by atoms with E-state index >= 15 is 0 Å². The lowest BCUT2D eigenvalue weighted by Crippen LogP contribution is -2.39. The van der Waals surface area contributed by atoms with Crippen LogP contribution in [0, 0.1) is 10.1 Å². The number of hydrogen-bond acceptors (Lipinski definition) is 7. The van der Waals surface area contributed by atoms with Crippen molar-refractivity contribution < 1.29 is 14.5 Å². The number of tetrazole rings is 1. The summed E-state index contributed by atoms with van der Waals surface area (Å²) in [5.41, 5.74) is 2.98. The molecule has 188 valence electrons. The standard InChI is InChI=1S/C26H30N6O4/c1-18(2)21-10-4-5-11-22(21)25-19(8-6-12-23(25)32(34)35)13-14-24(33)30-15-7-9-20(16-30)26-27-28-29-31(26)17-36-3/h4-6,8,10-14,18,20H,7,9,15-17H2,1-3H3/b14-13+. The minimum atomic E-state index is -0.370. The Bertz CT molecular complexity index is 1270. The van der Waals surface area contributed by atoms with Gasteiger partial charge in [0.2, 0.25) is 5.91 Å². The van der Waals surface area contributed by atoms with E-state index < -0.39 is 0 Å². The lowest BCUT2D eigenvalue weighted by Gasteiger charge is -2.31. The third-order valence-electron chi connectivity index (χ3n) is 6.44. The van der Waals surface area contributed by atoms with Gasteiger partial charge in [-0.2, -0.15) is 0 Å². The molecule has 0 radical (unpaired) electrons. The van der Waals surface area contributed by atoms with E-state index in [0.717, 1.165) is 24.0 Å². The van der Waals surface area contributed by atoms with Gasteiger partial charge in [0.15, 0.2) is 5.82 Å². The molecule has 1 aromatic heterocycles. The van der Waals surface area contributed by atoms with Crippen LogP contribution in [0.2, 0.25) is 0 Å². The summed E-state index contributed by atoms with van der Waals surface area (Å²) in [5.74, 6) is 0.733. The van der Waals surface area contributed by atoms with E-state index in [0.29, 0.717) is 30.0 Å². The number of hydrogen-bond donors (Lipinski definition) is 0. The van der Waals surface area contributed by atoms with E-state index in [1.165, 1.54) is 12.1 Å². The normalized spacial score (nSPS) is 16.1. The van der Waals surface area contributed by atoms with E-state index in [4.69, 9.17) is 4.74 Å². The van der Waals surface area contributed by atoms with E-state index in [1.54, 1.807) is 34.9 Å². The first kappa shape index (κ1) is 25.2. The Labute approximate surface area is 209 Å². The first-order chi connectivity index (χ1) is 17.4. The summed E-state index contributed by atoms with van der Waals surface area (Å²) in [6.07, 6.45) is 4.88. The smallest absolute Gasteiger partial charge is 0.277 e. The second kappa shape index (κ2) is 11.2. The topological polar surface area (TPSA) is 116 Å². The monoisotopic (exact) mass is 490 g/mol. The van der Waals surface area contributed by atoms with Crippen molar-refractivity contribution in [1.29, 1.82) is 0 Å². The Morgan fingerprint density at radius 2 is 2.06 bits per heavy atom. The van der Waals surface area contributed by atoms with Gasteiger partial charge in [-0.3, -0.25) is 14.9 Å². The molecule has 36 heavy (non-hydrogen) atoms. The highest BCUT2D eigenvalue weighted by atomic mass is 16.6. The van der Waals surface area contributed by atoms with Crippen molar-refractivity contribution in [2.75, 3.05) is 20.2 Å². The van der Waals surface area contributed by atoms with Crippen molar-refractivity contribution in [3.05, 3.63) is 75.6 Å². The summed E-state index contributed by atoms with van der Waals surface area (Å²) in [5, 5.41) is 23.8. The van der Waals surface area contributed by atoms with Gasteiger partial charge in [0.1, 0.15) is 6.73 Å². The van der Waals surface area contributed by atoms with Crippen molar-refractivity contribution in [3.8, 4) is 11.1 Å². The molecule has 1 aliphatic heterocycles. The van der Waals surface area contributed by atoms with E-state index in [1.807, 2.05) is 24.3 Å². The zero-order chi connectivity index (χ0) is 25.7. The molecule has 1 fully saturated rings. The molecular weight excluding hydrogens is 460 g/mol. The summed E-state index contributed by atoms with van der Waals surface area (Å²) >= 11 is 0. The molecule has 1 amide bonds. The Kier molecular flexibility index (Phi) is 7.84. The van der Waals surface area contributed by atoms with Crippen molar-refractivity contribution in [2.45, 2.75) is 45.3 Å². The number of rotatable bonds is 8. The number of aromatic nitrogens is 4. The van der Waals surface area contributed by atoms with Gasteiger partial charge in [0.25, 0.3) is 5.69 Å². The van der Waals surface area contributed by atoms with Gasteiger partial charge >= 0.3 is 0 Å². The number of nitrogens with zero attached hydrogens (tertiary/aromatic N) is 6. The predicted octanol–water partition coefficient (Wildman–Crippen LogP) is 4.40. The molecule has 0 bridgehead atoms. The van der Waals surface area contributed by atoms with Crippen molar-refractivity contribution in [3.63, 3.8) is 0 Å². The van der Waals surface area contributed by atoms with E-state index in [9.17, 15) is 14.9 Å². The fourth-order valence-electron chi connectivity index (χ4n) is 4.74. The van der Waals surface area contributed by atoms with Crippen molar-refractivity contribution in [1.82, 2.24) is 25.1 Å². The third-order valence-corrected chi connectivity index (χ3v) is 6.44. The van der Waals surface area contributed by atoms with Gasteiger partial charge in [-0.05, 0) is 52.0 Å². The van der Waals surface area contributed by atoms with Crippen LogP contribution in [0.4, 0.5) is 5.69 Å². The number of nitro groups is 1. The maximum atomic E-state index is 13.2. The second-order valence-electron chi connectivity index (χ2n) is 9.15. The number of benzene rings is 2. The number of piperidine rings is 1. The summed E-state index contributed by atoms with van der Waals surface area (Å²) < 4.78 is 6.76. The fraction of sp³-hybridized carbons (Fsp3) is 0.385. The quantitative estimate of drug-likeness (QED) is 0.261. The lowest BCUT2D eigenvalue weighted by atomic mass is 9.89. The molecule has 0 aliphatic carbocycles. The Balaban J connectivity index is 1.62. The number of likely N-dealkylation sites (tertiary alicyclic amines) is 1. The van der Waals surface area contributed by atoms with E-state index in [-0.39, 0.29) is 35.1 Å². The summed E-state index contributed by atoms with van der Waals surface area (Å²) in [4.78, 5) is 26.5. The number of methoxy groups -OCH3 is 1. The van der Waals surface area contributed by atoms with Crippen molar-refractivity contribution >= 4 is 17.7 Å². The molecule has 0 saturated carbocycles. The summed E-state index contributed by atoms with van der Waals surface area (Å²) in [7, 11) is 1.58. The highest BCUT2D eigenvalue weighted by Gasteiger charge is 2.28. The average molecular weight is 491 g/mol. The minimum absolute atomic E-state index is 0.00698. The number of amides is 1. The molecule has 3 aromatic rings. The number of carbonyl (C=O) groups excluding carboxylic acids is 1. The first-order valence-corrected chi connectivity index (χ1v) is 12.0. The molecule has 2 aromatic carbocycles. The first-order valence-electron chi connectivity index (χ1n) is 12.0. The molecular formula is C26H30N6O4. The number of ether oxygens (including phenoxy) is 1. The average Bonchev–Trinajstić information content (AvgIpc) is 3.35. The Hall–Kier alpha value is -3.92. The van der Waals surface area contributed by atoms with Gasteiger partial charge in [-0.25, -0.2) is 4.68 Å². The zero-order valence-corrected chi connectivity index (χ0v) is 20.7. The SMILES string of the molecule is COCn1nnnc1C1CCCN(C(=O)/C=C/c2cccc([N+](=O)[O-])c2-c2ccccc2C(C)C)C1.